The summed E-state index contributed by atoms with van der Waals surface area (Å²) in [5.74, 6) is -0.743. The van der Waals surface area contributed by atoms with E-state index >= 15 is 0 Å². The monoisotopic (exact) mass is 292 g/mol. The van der Waals surface area contributed by atoms with Crippen LogP contribution in [0.25, 0.3) is 0 Å². The summed E-state index contributed by atoms with van der Waals surface area (Å²) in [6, 6.07) is -0.862. The highest BCUT2D eigenvalue weighted by molar-refractivity contribution is 7.91. The SMILES string of the molecule is CC(CCCC(=O)O)NC(=O)NC1CCS(=O)(=O)C1. The van der Waals surface area contributed by atoms with Gasteiger partial charge in [-0.1, -0.05) is 0 Å². The molecule has 1 aliphatic heterocycles. The van der Waals surface area contributed by atoms with Crippen molar-refractivity contribution in [2.45, 2.75) is 44.7 Å². The van der Waals surface area contributed by atoms with E-state index in [1.54, 1.807) is 6.92 Å². The van der Waals surface area contributed by atoms with Crippen molar-refractivity contribution in [3.05, 3.63) is 0 Å². The summed E-state index contributed by atoms with van der Waals surface area (Å²) < 4.78 is 22.4. The number of amides is 2. The molecule has 19 heavy (non-hydrogen) atoms. The second kappa shape index (κ2) is 6.74. The number of rotatable bonds is 6. The molecule has 0 saturated carbocycles. The fourth-order valence-corrected chi connectivity index (χ4v) is 3.66. The molecule has 0 aliphatic carbocycles. The smallest absolute Gasteiger partial charge is 0.315 e. The molecule has 2 unspecified atom stereocenters. The van der Waals surface area contributed by atoms with Crippen LogP contribution in [0.5, 0.6) is 0 Å². The molecule has 1 aliphatic rings. The number of hydrogen-bond acceptors (Lipinski definition) is 4. The molecule has 1 fully saturated rings. The van der Waals surface area contributed by atoms with Crippen LogP contribution in [-0.2, 0) is 14.6 Å². The van der Waals surface area contributed by atoms with Crippen LogP contribution in [0.3, 0.4) is 0 Å². The molecule has 7 nitrogen and oxygen atoms in total. The molecule has 1 rings (SSSR count). The van der Waals surface area contributed by atoms with Gasteiger partial charge in [-0.05, 0) is 26.2 Å². The van der Waals surface area contributed by atoms with Crippen molar-refractivity contribution in [3.63, 3.8) is 0 Å². The molecule has 110 valence electrons. The Balaban J connectivity index is 2.22. The Kier molecular flexibility index (Phi) is 5.59. The molecule has 0 bridgehead atoms. The zero-order chi connectivity index (χ0) is 14.5. The van der Waals surface area contributed by atoms with E-state index in [1.165, 1.54) is 0 Å². The number of carbonyl (C=O) groups is 2. The number of carboxylic acid groups (broad SMARTS) is 1. The summed E-state index contributed by atoms with van der Waals surface area (Å²) in [4.78, 5) is 21.9. The minimum absolute atomic E-state index is 0.00614. The van der Waals surface area contributed by atoms with E-state index < -0.39 is 21.8 Å². The average Bonchev–Trinajstić information content (AvgIpc) is 2.56. The molecule has 0 aromatic carbocycles. The third-order valence-electron chi connectivity index (χ3n) is 2.97. The molecule has 1 saturated heterocycles. The number of carboxylic acids is 1. The number of sulfone groups is 1. The molecule has 2 atom stereocenters. The first-order valence-electron chi connectivity index (χ1n) is 6.28. The lowest BCUT2D eigenvalue weighted by atomic mass is 10.1. The lowest BCUT2D eigenvalue weighted by Crippen LogP contribution is -2.45. The molecule has 0 aromatic rings. The van der Waals surface area contributed by atoms with Gasteiger partial charge in [0.05, 0.1) is 11.5 Å². The highest BCUT2D eigenvalue weighted by Gasteiger charge is 2.28. The average molecular weight is 292 g/mol. The summed E-state index contributed by atoms with van der Waals surface area (Å²) in [6.07, 6.45) is 1.59. The molecule has 0 radical (unpaired) electrons. The van der Waals surface area contributed by atoms with Gasteiger partial charge in [-0.15, -0.1) is 0 Å². The van der Waals surface area contributed by atoms with E-state index in [0.717, 1.165) is 0 Å². The highest BCUT2D eigenvalue weighted by Crippen LogP contribution is 2.11. The fourth-order valence-electron chi connectivity index (χ4n) is 1.99. The van der Waals surface area contributed by atoms with Crippen LogP contribution >= 0.6 is 0 Å². The second-order valence-corrected chi connectivity index (χ2v) is 7.13. The van der Waals surface area contributed by atoms with Gasteiger partial charge in [-0.3, -0.25) is 4.79 Å². The van der Waals surface area contributed by atoms with E-state index in [2.05, 4.69) is 10.6 Å². The summed E-state index contributed by atoms with van der Waals surface area (Å²) in [7, 11) is -3.00. The molecule has 1 heterocycles. The maximum absolute atomic E-state index is 11.6. The maximum Gasteiger partial charge on any atom is 0.315 e. The Morgan fingerprint density at radius 1 is 1.42 bits per heavy atom. The number of hydrogen-bond donors (Lipinski definition) is 3. The van der Waals surface area contributed by atoms with Crippen molar-refractivity contribution < 1.29 is 23.1 Å². The van der Waals surface area contributed by atoms with E-state index in [4.69, 9.17) is 5.11 Å². The van der Waals surface area contributed by atoms with Crippen molar-refractivity contribution in [1.29, 1.82) is 0 Å². The van der Waals surface area contributed by atoms with Gasteiger partial charge in [0.25, 0.3) is 0 Å². The van der Waals surface area contributed by atoms with Crippen LogP contribution in [0.1, 0.15) is 32.6 Å². The molecule has 3 N–H and O–H groups in total. The normalized spacial score (nSPS) is 22.7. The van der Waals surface area contributed by atoms with Gasteiger partial charge < -0.3 is 15.7 Å². The van der Waals surface area contributed by atoms with Gasteiger partial charge in [0.15, 0.2) is 9.84 Å². The minimum Gasteiger partial charge on any atom is -0.481 e. The number of nitrogens with one attached hydrogen (secondary N) is 2. The standard InChI is InChI=1S/C11H20N2O5S/c1-8(3-2-4-10(14)15)12-11(16)13-9-5-6-19(17,18)7-9/h8-9H,2-7H2,1H3,(H,14,15)(H2,12,13,16). The van der Waals surface area contributed by atoms with Crippen LogP contribution in [-0.4, -0.2) is 49.1 Å². The summed E-state index contributed by atoms with van der Waals surface area (Å²) >= 11 is 0. The second-order valence-electron chi connectivity index (χ2n) is 4.90. The van der Waals surface area contributed by atoms with E-state index in [1.807, 2.05) is 0 Å². The Morgan fingerprint density at radius 3 is 2.63 bits per heavy atom. The van der Waals surface area contributed by atoms with Gasteiger partial charge in [0.1, 0.15) is 0 Å². The first-order valence-corrected chi connectivity index (χ1v) is 8.10. The van der Waals surface area contributed by atoms with Gasteiger partial charge in [0, 0.05) is 18.5 Å². The van der Waals surface area contributed by atoms with Gasteiger partial charge >= 0.3 is 12.0 Å². The lowest BCUT2D eigenvalue weighted by Gasteiger charge is -2.16. The third-order valence-corrected chi connectivity index (χ3v) is 4.74. The predicted molar refractivity (Wildman–Crippen MR) is 69.7 cm³/mol. The van der Waals surface area contributed by atoms with Crippen molar-refractivity contribution in [1.82, 2.24) is 10.6 Å². The quantitative estimate of drug-likeness (QED) is 0.643. The first-order chi connectivity index (χ1) is 8.78. The van der Waals surface area contributed by atoms with Crippen LogP contribution < -0.4 is 10.6 Å². The van der Waals surface area contributed by atoms with Crippen molar-refractivity contribution in [2.24, 2.45) is 0 Å². The zero-order valence-corrected chi connectivity index (χ0v) is 11.7. The fraction of sp³-hybridized carbons (Fsp3) is 0.818. The van der Waals surface area contributed by atoms with Crippen LogP contribution in [0.2, 0.25) is 0 Å². The largest absolute Gasteiger partial charge is 0.481 e. The maximum atomic E-state index is 11.6. The van der Waals surface area contributed by atoms with Gasteiger partial charge in [-0.25, -0.2) is 13.2 Å². The minimum atomic E-state index is -3.00. The van der Waals surface area contributed by atoms with E-state index in [-0.39, 0.29) is 30.0 Å². The van der Waals surface area contributed by atoms with Crippen molar-refractivity contribution in [2.75, 3.05) is 11.5 Å². The molecule has 0 spiro atoms. The third kappa shape index (κ3) is 6.42. The topological polar surface area (TPSA) is 113 Å². The van der Waals surface area contributed by atoms with Crippen LogP contribution in [0, 0.1) is 0 Å². The summed E-state index contributed by atoms with van der Waals surface area (Å²) in [6.45, 7) is 1.78. The number of urea groups is 1. The number of carbonyl (C=O) groups excluding carboxylic acids is 1. The highest BCUT2D eigenvalue weighted by atomic mass is 32.2. The molecule has 2 amide bonds. The molecular formula is C11H20N2O5S. The molecule has 8 heteroatoms. The van der Waals surface area contributed by atoms with Gasteiger partial charge in [0.2, 0.25) is 0 Å². The Hall–Kier alpha value is -1.31. The summed E-state index contributed by atoms with van der Waals surface area (Å²) in [5, 5.41) is 13.8. The Morgan fingerprint density at radius 2 is 2.11 bits per heavy atom. The molecular weight excluding hydrogens is 272 g/mol. The molecule has 0 aromatic heterocycles. The first kappa shape index (κ1) is 15.7. The van der Waals surface area contributed by atoms with E-state index in [0.29, 0.717) is 19.3 Å². The van der Waals surface area contributed by atoms with Gasteiger partial charge in [-0.2, -0.15) is 0 Å². The predicted octanol–water partition coefficient (Wildman–Crippen LogP) is 0.116. The van der Waals surface area contributed by atoms with E-state index in [9.17, 15) is 18.0 Å². The van der Waals surface area contributed by atoms with Crippen molar-refractivity contribution in [3.8, 4) is 0 Å². The Labute approximate surface area is 112 Å². The Bertz CT molecular complexity index is 434. The van der Waals surface area contributed by atoms with Crippen LogP contribution in [0.15, 0.2) is 0 Å². The number of aliphatic carboxylic acids is 1. The summed E-state index contributed by atoms with van der Waals surface area (Å²) in [5.41, 5.74) is 0. The van der Waals surface area contributed by atoms with Crippen LogP contribution in [0.4, 0.5) is 4.79 Å². The zero-order valence-electron chi connectivity index (χ0n) is 10.9. The lowest BCUT2D eigenvalue weighted by molar-refractivity contribution is -0.137. The van der Waals surface area contributed by atoms with Crippen molar-refractivity contribution >= 4 is 21.8 Å².